The van der Waals surface area contributed by atoms with Crippen molar-refractivity contribution in [2.75, 3.05) is 0 Å². The molecule has 0 aromatic heterocycles. The van der Waals surface area contributed by atoms with Gasteiger partial charge in [0.25, 0.3) is 0 Å². The third-order valence-corrected chi connectivity index (χ3v) is 4.06. The summed E-state index contributed by atoms with van der Waals surface area (Å²) in [5, 5.41) is 10.2. The quantitative estimate of drug-likeness (QED) is 0.822. The van der Waals surface area contributed by atoms with Gasteiger partial charge in [0.05, 0.1) is 12.0 Å². The van der Waals surface area contributed by atoms with Crippen molar-refractivity contribution in [3.8, 4) is 5.75 Å². The summed E-state index contributed by atoms with van der Waals surface area (Å²) in [5.41, 5.74) is 2.51. The fraction of sp³-hybridized carbons (Fsp3) is 0.316. The Morgan fingerprint density at radius 2 is 1.91 bits per heavy atom. The Kier molecular flexibility index (Phi) is 5.67. The van der Waals surface area contributed by atoms with Crippen LogP contribution in [0.15, 0.2) is 42.5 Å². The van der Waals surface area contributed by atoms with E-state index in [1.54, 1.807) is 6.07 Å². The van der Waals surface area contributed by atoms with Gasteiger partial charge in [-0.05, 0) is 56.0 Å². The summed E-state index contributed by atoms with van der Waals surface area (Å²) in [7, 11) is 0. The minimum atomic E-state index is -0.871. The summed E-state index contributed by atoms with van der Waals surface area (Å²) in [6.07, 6.45) is 0.394. The van der Waals surface area contributed by atoms with Crippen molar-refractivity contribution in [3.63, 3.8) is 0 Å². The number of carboxylic acids is 1. The second-order valence-electron chi connectivity index (χ2n) is 5.88. The molecule has 3 nitrogen and oxygen atoms in total. The molecule has 0 bridgehead atoms. The number of carboxylic acid groups (broad SMARTS) is 1. The van der Waals surface area contributed by atoms with Crippen molar-refractivity contribution in [2.24, 2.45) is 0 Å². The zero-order chi connectivity index (χ0) is 17.0. The first-order chi connectivity index (χ1) is 10.9. The monoisotopic (exact) mass is 332 g/mol. The molecule has 2 aromatic carbocycles. The highest BCUT2D eigenvalue weighted by Crippen LogP contribution is 2.29. The molecule has 0 saturated heterocycles. The van der Waals surface area contributed by atoms with Crippen molar-refractivity contribution < 1.29 is 14.6 Å². The van der Waals surface area contributed by atoms with Crippen LogP contribution in [0.5, 0.6) is 5.75 Å². The van der Waals surface area contributed by atoms with Crippen molar-refractivity contribution in [3.05, 3.63) is 64.2 Å². The number of hydrogen-bond donors (Lipinski definition) is 1. The van der Waals surface area contributed by atoms with Gasteiger partial charge >= 0.3 is 5.97 Å². The van der Waals surface area contributed by atoms with Crippen LogP contribution in [0.2, 0.25) is 5.02 Å². The second-order valence-corrected chi connectivity index (χ2v) is 6.29. The van der Waals surface area contributed by atoms with Gasteiger partial charge in [-0.3, -0.25) is 4.79 Å². The van der Waals surface area contributed by atoms with E-state index >= 15 is 0 Å². The number of aryl methyl sites for hydroxylation is 1. The molecule has 23 heavy (non-hydrogen) atoms. The van der Waals surface area contributed by atoms with Crippen LogP contribution in [-0.2, 0) is 11.2 Å². The molecule has 0 aliphatic rings. The van der Waals surface area contributed by atoms with Crippen LogP contribution in [-0.4, -0.2) is 17.2 Å². The van der Waals surface area contributed by atoms with E-state index in [0.29, 0.717) is 17.0 Å². The van der Waals surface area contributed by atoms with E-state index in [0.717, 1.165) is 16.9 Å². The van der Waals surface area contributed by atoms with Crippen LogP contribution in [0, 0.1) is 6.92 Å². The first kappa shape index (κ1) is 17.4. The van der Waals surface area contributed by atoms with E-state index in [-0.39, 0.29) is 6.10 Å². The molecule has 122 valence electrons. The van der Waals surface area contributed by atoms with Crippen LogP contribution in [0.25, 0.3) is 0 Å². The molecule has 1 N–H and O–H groups in total. The predicted molar refractivity (Wildman–Crippen MR) is 92.5 cm³/mol. The van der Waals surface area contributed by atoms with Gasteiger partial charge in [-0.15, -0.1) is 0 Å². The molecule has 0 radical (unpaired) electrons. The minimum absolute atomic E-state index is 0.0354. The Morgan fingerprint density at radius 1 is 1.22 bits per heavy atom. The molecule has 0 amide bonds. The lowest BCUT2D eigenvalue weighted by molar-refractivity contribution is -0.138. The molecule has 1 unspecified atom stereocenters. The van der Waals surface area contributed by atoms with Gasteiger partial charge in [0.1, 0.15) is 5.75 Å². The number of hydrogen-bond acceptors (Lipinski definition) is 2. The highest BCUT2D eigenvalue weighted by Gasteiger charge is 2.22. The Bertz CT molecular complexity index is 695. The van der Waals surface area contributed by atoms with E-state index in [9.17, 15) is 9.90 Å². The fourth-order valence-electron chi connectivity index (χ4n) is 2.43. The maximum absolute atomic E-state index is 11.8. The fourth-order valence-corrected chi connectivity index (χ4v) is 2.62. The van der Waals surface area contributed by atoms with E-state index in [2.05, 4.69) is 0 Å². The van der Waals surface area contributed by atoms with Crippen LogP contribution < -0.4 is 4.74 Å². The summed E-state index contributed by atoms with van der Waals surface area (Å²) in [6, 6.07) is 13.0. The van der Waals surface area contributed by atoms with Gasteiger partial charge in [0.15, 0.2) is 0 Å². The van der Waals surface area contributed by atoms with E-state index in [4.69, 9.17) is 16.3 Å². The number of benzene rings is 2. The summed E-state index contributed by atoms with van der Waals surface area (Å²) >= 11 is 6.15. The molecule has 1 atom stereocenters. The molecular formula is C19H21ClO3. The zero-order valence-corrected chi connectivity index (χ0v) is 14.3. The van der Waals surface area contributed by atoms with E-state index < -0.39 is 11.9 Å². The number of aliphatic carboxylic acids is 1. The van der Waals surface area contributed by atoms with Crippen molar-refractivity contribution in [1.82, 2.24) is 0 Å². The number of para-hydroxylation sites is 1. The van der Waals surface area contributed by atoms with E-state index in [1.807, 2.05) is 57.2 Å². The van der Waals surface area contributed by atoms with Gasteiger partial charge in [0.2, 0.25) is 0 Å². The predicted octanol–water partition coefficient (Wildman–Crippen LogP) is 4.85. The van der Waals surface area contributed by atoms with Gasteiger partial charge in [-0.25, -0.2) is 0 Å². The standard InChI is InChI=1S/C19H21ClO3/c1-12(2)23-18-7-5-4-6-15(18)10-16(19(21)22)14-9-8-13(3)17(20)11-14/h4-9,11-12,16H,10H2,1-3H3,(H,21,22). The summed E-state index contributed by atoms with van der Waals surface area (Å²) in [6.45, 7) is 5.80. The largest absolute Gasteiger partial charge is 0.491 e. The molecule has 4 heteroatoms. The lowest BCUT2D eigenvalue weighted by Crippen LogP contribution is -2.16. The molecule has 0 aliphatic carbocycles. The zero-order valence-electron chi connectivity index (χ0n) is 13.5. The maximum atomic E-state index is 11.8. The first-order valence-electron chi connectivity index (χ1n) is 7.62. The summed E-state index contributed by atoms with van der Waals surface area (Å²) < 4.78 is 5.79. The number of carbonyl (C=O) groups is 1. The Balaban J connectivity index is 2.33. The average molecular weight is 333 g/mol. The molecular weight excluding hydrogens is 312 g/mol. The minimum Gasteiger partial charge on any atom is -0.491 e. The van der Waals surface area contributed by atoms with Crippen molar-refractivity contribution in [2.45, 2.75) is 39.2 Å². The number of ether oxygens (including phenoxy) is 1. The third-order valence-electron chi connectivity index (χ3n) is 3.66. The lowest BCUT2D eigenvalue weighted by Gasteiger charge is -2.18. The first-order valence-corrected chi connectivity index (χ1v) is 7.99. The van der Waals surface area contributed by atoms with Crippen molar-refractivity contribution in [1.29, 1.82) is 0 Å². The molecule has 0 fully saturated rings. The summed E-state index contributed by atoms with van der Waals surface area (Å²) in [5.74, 6) is -0.804. The van der Waals surface area contributed by atoms with E-state index in [1.165, 1.54) is 0 Å². The smallest absolute Gasteiger partial charge is 0.311 e. The Hall–Kier alpha value is -2.00. The number of rotatable bonds is 6. The third kappa shape index (κ3) is 4.49. The SMILES string of the molecule is Cc1ccc(C(Cc2ccccc2OC(C)C)C(=O)O)cc1Cl. The normalized spacial score (nSPS) is 12.2. The van der Waals surface area contributed by atoms with Crippen molar-refractivity contribution >= 4 is 17.6 Å². The number of halogens is 1. The second kappa shape index (κ2) is 7.51. The Morgan fingerprint density at radius 3 is 2.52 bits per heavy atom. The van der Waals surface area contributed by atoms with Crippen LogP contribution in [0.1, 0.15) is 36.5 Å². The van der Waals surface area contributed by atoms with Crippen LogP contribution in [0.3, 0.4) is 0 Å². The molecule has 0 aliphatic heterocycles. The van der Waals surface area contributed by atoms with Gasteiger partial charge in [-0.2, -0.15) is 0 Å². The Labute approximate surface area is 141 Å². The molecule has 2 aromatic rings. The van der Waals surface area contributed by atoms with Gasteiger partial charge in [0, 0.05) is 5.02 Å². The maximum Gasteiger partial charge on any atom is 0.311 e. The highest BCUT2D eigenvalue weighted by molar-refractivity contribution is 6.31. The lowest BCUT2D eigenvalue weighted by atomic mass is 9.91. The molecule has 2 rings (SSSR count). The average Bonchev–Trinajstić information content (AvgIpc) is 2.48. The topological polar surface area (TPSA) is 46.5 Å². The molecule has 0 spiro atoms. The van der Waals surface area contributed by atoms with Crippen LogP contribution >= 0.6 is 11.6 Å². The van der Waals surface area contributed by atoms with Gasteiger partial charge in [-0.1, -0.05) is 41.9 Å². The van der Waals surface area contributed by atoms with Gasteiger partial charge < -0.3 is 9.84 Å². The molecule has 0 heterocycles. The van der Waals surface area contributed by atoms with Crippen LogP contribution in [0.4, 0.5) is 0 Å². The molecule has 0 saturated carbocycles. The highest BCUT2D eigenvalue weighted by atomic mass is 35.5. The summed E-state index contributed by atoms with van der Waals surface area (Å²) in [4.78, 5) is 11.8.